The van der Waals surface area contributed by atoms with Gasteiger partial charge in [-0.25, -0.2) is 9.59 Å². The normalized spacial score (nSPS) is 12.8. The van der Waals surface area contributed by atoms with Crippen LogP contribution in [-0.2, 0) is 35.1 Å². The van der Waals surface area contributed by atoms with Gasteiger partial charge in [0.1, 0.15) is 17.8 Å². The number of urea groups is 1. The van der Waals surface area contributed by atoms with Crippen LogP contribution in [0.1, 0.15) is 37.7 Å². The van der Waals surface area contributed by atoms with Crippen LogP contribution in [0.5, 0.6) is 5.75 Å². The van der Waals surface area contributed by atoms with Crippen LogP contribution < -0.4 is 27.0 Å². The molecule has 3 atom stereocenters. The number of phenols is 1. The fourth-order valence-corrected chi connectivity index (χ4v) is 3.23. The number of ether oxygens (including phenoxy) is 1. The molecule has 0 radical (unpaired) electrons. The number of benzene rings is 1. The van der Waals surface area contributed by atoms with E-state index in [4.69, 9.17) is 20.7 Å². The Hall–Kier alpha value is -4.40. The summed E-state index contributed by atoms with van der Waals surface area (Å²) < 4.78 is 4.79. The molecule has 0 saturated heterocycles. The van der Waals surface area contributed by atoms with Crippen molar-refractivity contribution >= 4 is 36.3 Å². The summed E-state index contributed by atoms with van der Waals surface area (Å²) in [5, 5.41) is 36.8. The zero-order valence-corrected chi connectivity index (χ0v) is 20.6. The number of carbonyl (C=O) groups is 6. The number of carboxylic acid groups (broad SMARTS) is 2. The van der Waals surface area contributed by atoms with Crippen LogP contribution in [0.3, 0.4) is 0 Å². The fourth-order valence-electron chi connectivity index (χ4n) is 3.23. The molecule has 0 saturated carbocycles. The number of carboxylic acids is 2. The summed E-state index contributed by atoms with van der Waals surface area (Å²) in [5.41, 5.74) is 6.03. The van der Waals surface area contributed by atoms with E-state index in [1.54, 1.807) is 12.1 Å². The highest BCUT2D eigenvalue weighted by atomic mass is 16.5. The predicted molar refractivity (Wildman–Crippen MR) is 131 cm³/mol. The minimum absolute atomic E-state index is 0.0597. The van der Waals surface area contributed by atoms with E-state index in [1.807, 2.05) is 0 Å². The van der Waals surface area contributed by atoms with Gasteiger partial charge in [0.15, 0.2) is 6.23 Å². The van der Waals surface area contributed by atoms with Crippen molar-refractivity contribution in [3.8, 4) is 5.75 Å². The molecule has 0 spiro atoms. The van der Waals surface area contributed by atoms with Gasteiger partial charge in [-0.1, -0.05) is 12.1 Å². The first-order chi connectivity index (χ1) is 18.0. The number of nitrogens with two attached hydrogens (primary N) is 1. The quantitative estimate of drug-likeness (QED) is 0.0624. The van der Waals surface area contributed by atoms with Gasteiger partial charge < -0.3 is 47.1 Å². The van der Waals surface area contributed by atoms with Crippen molar-refractivity contribution in [1.82, 2.24) is 21.3 Å². The molecule has 38 heavy (non-hydrogen) atoms. The summed E-state index contributed by atoms with van der Waals surface area (Å²) in [7, 11) is 0. The molecule has 0 heterocycles. The maximum absolute atomic E-state index is 12.6. The van der Waals surface area contributed by atoms with Crippen molar-refractivity contribution in [3.05, 3.63) is 29.8 Å². The molecule has 15 heteroatoms. The Labute approximate surface area is 218 Å². The van der Waals surface area contributed by atoms with E-state index in [0.29, 0.717) is 18.4 Å². The minimum atomic E-state index is -1.45. The molecular weight excluding hydrogens is 506 g/mol. The lowest BCUT2D eigenvalue weighted by atomic mass is 10.0. The number of unbranched alkanes of at least 4 members (excludes halogenated alkanes) is 1. The highest BCUT2D eigenvalue weighted by Gasteiger charge is 2.23. The standard InChI is InChI=1S/C23H33N5O10/c24-12-18(31)26-17(11-14-4-6-15(30)7-5-14)21(34)25-10-2-1-3-19(38-13-29)28-23(37)27-16(22(35)36)8-9-20(32)33/h4-7,13,16-17,19,30H,1-3,8-12,24H2,(H,25,34)(H,26,31)(H,32,33)(H,35,36)(H2,27,28,37)/t16-,17-,19+/m0/s1. The van der Waals surface area contributed by atoms with Crippen molar-refractivity contribution in [3.63, 3.8) is 0 Å². The lowest BCUT2D eigenvalue weighted by molar-refractivity contribution is -0.141. The number of hydrogen-bond donors (Lipinski definition) is 8. The smallest absolute Gasteiger partial charge is 0.326 e. The Bertz CT molecular complexity index is 956. The van der Waals surface area contributed by atoms with E-state index in [9.17, 15) is 33.9 Å². The number of aliphatic carboxylic acids is 2. The number of aromatic hydroxyl groups is 1. The lowest BCUT2D eigenvalue weighted by Crippen LogP contribution is -2.50. The molecule has 0 fully saturated rings. The van der Waals surface area contributed by atoms with Gasteiger partial charge in [0.25, 0.3) is 6.47 Å². The summed E-state index contributed by atoms with van der Waals surface area (Å²) in [5.74, 6) is -3.56. The van der Waals surface area contributed by atoms with E-state index >= 15 is 0 Å². The summed E-state index contributed by atoms with van der Waals surface area (Å²) in [6.45, 7) is 0.00436. The molecule has 9 N–H and O–H groups in total. The third-order valence-electron chi connectivity index (χ3n) is 5.17. The van der Waals surface area contributed by atoms with Crippen molar-refractivity contribution in [1.29, 1.82) is 0 Å². The van der Waals surface area contributed by atoms with Gasteiger partial charge in [-0.15, -0.1) is 0 Å². The number of phenolic OH excluding ortho intramolecular Hbond substituents is 1. The van der Waals surface area contributed by atoms with Crippen molar-refractivity contribution < 1.29 is 48.8 Å². The topological polar surface area (TPSA) is 246 Å². The van der Waals surface area contributed by atoms with E-state index in [-0.39, 0.29) is 44.6 Å². The average Bonchev–Trinajstić information content (AvgIpc) is 2.86. The minimum Gasteiger partial charge on any atom is -0.508 e. The van der Waals surface area contributed by atoms with E-state index in [0.717, 1.165) is 0 Å². The van der Waals surface area contributed by atoms with Gasteiger partial charge in [-0.2, -0.15) is 0 Å². The molecule has 1 rings (SSSR count). The van der Waals surface area contributed by atoms with Crippen LogP contribution in [-0.4, -0.2) is 83.0 Å². The van der Waals surface area contributed by atoms with Gasteiger partial charge in [0.2, 0.25) is 11.8 Å². The third kappa shape index (κ3) is 13.1. The molecule has 0 aliphatic rings. The largest absolute Gasteiger partial charge is 0.508 e. The maximum atomic E-state index is 12.6. The van der Waals surface area contributed by atoms with E-state index < -0.39 is 54.5 Å². The lowest BCUT2D eigenvalue weighted by Gasteiger charge is -2.20. The number of carbonyl (C=O) groups excluding carboxylic acids is 4. The number of amides is 4. The summed E-state index contributed by atoms with van der Waals surface area (Å²) in [6.07, 6.45) is -0.826. The molecule has 15 nitrogen and oxygen atoms in total. The highest BCUT2D eigenvalue weighted by molar-refractivity contribution is 5.88. The van der Waals surface area contributed by atoms with Crippen LogP contribution in [0.15, 0.2) is 24.3 Å². The van der Waals surface area contributed by atoms with Crippen LogP contribution in [0.2, 0.25) is 0 Å². The molecule has 4 amide bonds. The maximum Gasteiger partial charge on any atom is 0.326 e. The Balaban J connectivity index is 2.53. The molecule has 1 aromatic carbocycles. The third-order valence-corrected chi connectivity index (χ3v) is 5.17. The first kappa shape index (κ1) is 31.6. The molecule has 0 aliphatic heterocycles. The van der Waals surface area contributed by atoms with Gasteiger partial charge in [-0.05, 0) is 37.0 Å². The first-order valence-electron chi connectivity index (χ1n) is 11.7. The van der Waals surface area contributed by atoms with E-state index in [2.05, 4.69) is 21.3 Å². The van der Waals surface area contributed by atoms with Gasteiger partial charge in [0, 0.05) is 25.8 Å². The second kappa shape index (κ2) is 17.1. The van der Waals surface area contributed by atoms with Crippen LogP contribution in [0, 0.1) is 0 Å². The Morgan fingerprint density at radius 1 is 0.947 bits per heavy atom. The monoisotopic (exact) mass is 539 g/mol. The summed E-state index contributed by atoms with van der Waals surface area (Å²) in [6, 6.07) is 2.83. The van der Waals surface area contributed by atoms with Gasteiger partial charge in [0.05, 0.1) is 6.54 Å². The number of nitrogens with one attached hydrogen (secondary N) is 4. The van der Waals surface area contributed by atoms with Crippen LogP contribution >= 0.6 is 0 Å². The molecular formula is C23H33N5O10. The summed E-state index contributed by atoms with van der Waals surface area (Å²) >= 11 is 0. The molecule has 0 aromatic heterocycles. The molecule has 0 aliphatic carbocycles. The predicted octanol–water partition coefficient (Wildman–Crippen LogP) is -1.22. The Morgan fingerprint density at radius 2 is 1.63 bits per heavy atom. The first-order valence-corrected chi connectivity index (χ1v) is 11.7. The van der Waals surface area contributed by atoms with Crippen molar-refractivity contribution in [2.75, 3.05) is 13.1 Å². The number of hydrogen-bond acceptors (Lipinski definition) is 9. The zero-order chi connectivity index (χ0) is 28.5. The molecule has 0 unspecified atom stereocenters. The SMILES string of the molecule is NCC(=O)N[C@@H](Cc1ccc(O)cc1)C(=O)NCCCC[C@H](NC(=O)N[C@@H](CCC(=O)O)C(=O)O)OC=O. The molecule has 210 valence electrons. The summed E-state index contributed by atoms with van der Waals surface area (Å²) in [4.78, 5) is 69.1. The fraction of sp³-hybridized carbons (Fsp3) is 0.478. The molecule has 0 bridgehead atoms. The number of rotatable bonds is 18. The van der Waals surface area contributed by atoms with Crippen molar-refractivity contribution in [2.24, 2.45) is 5.73 Å². The highest BCUT2D eigenvalue weighted by Crippen LogP contribution is 2.11. The van der Waals surface area contributed by atoms with Crippen LogP contribution in [0.4, 0.5) is 4.79 Å². The second-order valence-corrected chi connectivity index (χ2v) is 8.14. The Morgan fingerprint density at radius 3 is 2.21 bits per heavy atom. The van der Waals surface area contributed by atoms with Gasteiger partial charge >= 0.3 is 18.0 Å². The van der Waals surface area contributed by atoms with Crippen molar-refractivity contribution in [2.45, 2.75) is 56.8 Å². The Kier molecular flexibility index (Phi) is 14.3. The van der Waals surface area contributed by atoms with Crippen LogP contribution in [0.25, 0.3) is 0 Å². The average molecular weight is 540 g/mol. The van der Waals surface area contributed by atoms with E-state index in [1.165, 1.54) is 12.1 Å². The second-order valence-electron chi connectivity index (χ2n) is 8.14. The van der Waals surface area contributed by atoms with Gasteiger partial charge in [-0.3, -0.25) is 19.2 Å². The molecule has 1 aromatic rings. The zero-order valence-electron chi connectivity index (χ0n) is 20.6.